The molecule has 0 atom stereocenters. The van der Waals surface area contributed by atoms with E-state index in [0.29, 0.717) is 13.0 Å². The number of aromatic nitrogens is 2. The molecule has 0 fully saturated rings. The Balaban J connectivity index is 1.70. The first-order valence-electron chi connectivity index (χ1n) is 7.53. The van der Waals surface area contributed by atoms with Crippen molar-refractivity contribution in [3.63, 3.8) is 0 Å². The van der Waals surface area contributed by atoms with Crippen LogP contribution in [0.5, 0.6) is 0 Å². The van der Waals surface area contributed by atoms with Crippen LogP contribution in [-0.4, -0.2) is 22.4 Å². The van der Waals surface area contributed by atoms with Gasteiger partial charge in [-0.3, -0.25) is 9.48 Å². The average molecular weight is 286 g/mol. The lowest BCUT2D eigenvalue weighted by molar-refractivity contribution is -0.143. The van der Waals surface area contributed by atoms with Crippen LogP contribution in [0.25, 0.3) is 11.1 Å². The molecule has 0 N–H and O–H groups in total. The molecule has 2 aromatic rings. The Morgan fingerprint density at radius 3 is 2.71 bits per heavy atom. The van der Waals surface area contributed by atoms with Gasteiger partial charge >= 0.3 is 5.97 Å². The maximum atomic E-state index is 11.2. The third-order valence-electron chi connectivity index (χ3n) is 3.31. The second-order valence-electron chi connectivity index (χ2n) is 4.97. The zero-order chi connectivity index (χ0) is 14.9. The SMILES string of the molecule is CCOC(=O)CCCCCn1cc(-c2ccccc2)cn1. The van der Waals surface area contributed by atoms with Gasteiger partial charge in [0.25, 0.3) is 0 Å². The summed E-state index contributed by atoms with van der Waals surface area (Å²) in [5, 5.41) is 4.38. The van der Waals surface area contributed by atoms with Crippen LogP contribution in [0.4, 0.5) is 0 Å². The standard InChI is InChI=1S/C17H22N2O2/c1-2-21-17(20)11-7-4-8-12-19-14-16(13-18-19)15-9-5-3-6-10-15/h3,5-6,9-10,13-14H,2,4,7-8,11-12H2,1H3. The van der Waals surface area contributed by atoms with Gasteiger partial charge in [0.05, 0.1) is 12.8 Å². The number of aryl methyl sites for hydroxylation is 1. The number of rotatable bonds is 8. The van der Waals surface area contributed by atoms with E-state index in [9.17, 15) is 4.79 Å². The summed E-state index contributed by atoms with van der Waals surface area (Å²) in [5.74, 6) is -0.0945. The molecular weight excluding hydrogens is 264 g/mol. The number of hydrogen-bond donors (Lipinski definition) is 0. The predicted octanol–water partition coefficient (Wildman–Crippen LogP) is 3.67. The van der Waals surface area contributed by atoms with E-state index in [1.807, 2.05) is 36.0 Å². The number of ether oxygens (including phenoxy) is 1. The van der Waals surface area contributed by atoms with Crippen LogP contribution < -0.4 is 0 Å². The number of hydrogen-bond acceptors (Lipinski definition) is 3. The lowest BCUT2D eigenvalue weighted by Crippen LogP contribution is -2.04. The van der Waals surface area contributed by atoms with Gasteiger partial charge < -0.3 is 4.74 Å². The third kappa shape index (κ3) is 5.06. The Morgan fingerprint density at radius 2 is 1.95 bits per heavy atom. The molecule has 0 bridgehead atoms. The highest BCUT2D eigenvalue weighted by atomic mass is 16.5. The van der Waals surface area contributed by atoms with Crippen molar-refractivity contribution >= 4 is 5.97 Å². The first-order chi connectivity index (χ1) is 10.3. The Kier molecular flexibility index (Phi) is 6.00. The van der Waals surface area contributed by atoms with Crippen molar-refractivity contribution in [2.24, 2.45) is 0 Å². The quantitative estimate of drug-likeness (QED) is 0.549. The molecule has 1 aromatic carbocycles. The number of carbonyl (C=O) groups is 1. The topological polar surface area (TPSA) is 44.1 Å². The minimum Gasteiger partial charge on any atom is -0.466 e. The molecule has 0 saturated heterocycles. The van der Waals surface area contributed by atoms with Gasteiger partial charge in [-0.25, -0.2) is 0 Å². The van der Waals surface area contributed by atoms with Crippen molar-refractivity contribution in [1.82, 2.24) is 9.78 Å². The fourth-order valence-electron chi connectivity index (χ4n) is 2.22. The zero-order valence-corrected chi connectivity index (χ0v) is 12.5. The van der Waals surface area contributed by atoms with E-state index in [4.69, 9.17) is 4.74 Å². The van der Waals surface area contributed by atoms with E-state index in [0.717, 1.165) is 31.4 Å². The summed E-state index contributed by atoms with van der Waals surface area (Å²) in [6.45, 7) is 3.18. The molecule has 1 heterocycles. The molecule has 0 amide bonds. The van der Waals surface area contributed by atoms with Gasteiger partial charge in [-0.2, -0.15) is 5.10 Å². The second-order valence-corrected chi connectivity index (χ2v) is 4.97. The van der Waals surface area contributed by atoms with Crippen LogP contribution in [0.1, 0.15) is 32.6 Å². The summed E-state index contributed by atoms with van der Waals surface area (Å²) in [7, 11) is 0. The minimum atomic E-state index is -0.0945. The van der Waals surface area contributed by atoms with E-state index in [-0.39, 0.29) is 5.97 Å². The van der Waals surface area contributed by atoms with Gasteiger partial charge in [-0.15, -0.1) is 0 Å². The number of unbranched alkanes of at least 4 members (excludes halogenated alkanes) is 2. The third-order valence-corrected chi connectivity index (χ3v) is 3.31. The maximum Gasteiger partial charge on any atom is 0.305 e. The number of benzene rings is 1. The van der Waals surface area contributed by atoms with Crippen LogP contribution >= 0.6 is 0 Å². The van der Waals surface area contributed by atoms with E-state index in [2.05, 4.69) is 23.4 Å². The number of nitrogens with zero attached hydrogens (tertiary/aromatic N) is 2. The van der Waals surface area contributed by atoms with Gasteiger partial charge in [-0.05, 0) is 25.3 Å². The van der Waals surface area contributed by atoms with Gasteiger partial charge in [0, 0.05) is 24.7 Å². The highest BCUT2D eigenvalue weighted by molar-refractivity contribution is 5.69. The molecule has 2 rings (SSSR count). The molecule has 0 aliphatic carbocycles. The Bertz CT molecular complexity index is 549. The molecule has 4 nitrogen and oxygen atoms in total. The average Bonchev–Trinajstić information content (AvgIpc) is 2.97. The summed E-state index contributed by atoms with van der Waals surface area (Å²) < 4.78 is 6.87. The normalized spacial score (nSPS) is 10.5. The van der Waals surface area contributed by atoms with Crippen molar-refractivity contribution in [3.8, 4) is 11.1 Å². The second kappa shape index (κ2) is 8.25. The number of carbonyl (C=O) groups excluding carboxylic acids is 1. The molecule has 0 spiro atoms. The van der Waals surface area contributed by atoms with Gasteiger partial charge in [0.2, 0.25) is 0 Å². The van der Waals surface area contributed by atoms with Gasteiger partial charge in [0.1, 0.15) is 0 Å². The Hall–Kier alpha value is -2.10. The molecule has 4 heteroatoms. The monoisotopic (exact) mass is 286 g/mol. The summed E-state index contributed by atoms with van der Waals surface area (Å²) >= 11 is 0. The van der Waals surface area contributed by atoms with Crippen LogP contribution in [0.15, 0.2) is 42.7 Å². The molecule has 1 aromatic heterocycles. The van der Waals surface area contributed by atoms with E-state index in [1.165, 1.54) is 5.56 Å². The molecule has 0 aliphatic rings. The van der Waals surface area contributed by atoms with Crippen molar-refractivity contribution < 1.29 is 9.53 Å². The van der Waals surface area contributed by atoms with Crippen molar-refractivity contribution in [1.29, 1.82) is 0 Å². The Morgan fingerprint density at radius 1 is 1.14 bits per heavy atom. The van der Waals surface area contributed by atoms with E-state index >= 15 is 0 Å². The molecule has 0 aliphatic heterocycles. The van der Waals surface area contributed by atoms with E-state index < -0.39 is 0 Å². The largest absolute Gasteiger partial charge is 0.466 e. The first-order valence-corrected chi connectivity index (χ1v) is 7.53. The summed E-state index contributed by atoms with van der Waals surface area (Å²) in [6.07, 6.45) is 7.40. The smallest absolute Gasteiger partial charge is 0.305 e. The van der Waals surface area contributed by atoms with E-state index in [1.54, 1.807) is 0 Å². The predicted molar refractivity (Wildman–Crippen MR) is 82.8 cm³/mol. The van der Waals surface area contributed by atoms with Crippen molar-refractivity contribution in [2.75, 3.05) is 6.61 Å². The van der Waals surface area contributed by atoms with Crippen molar-refractivity contribution in [3.05, 3.63) is 42.7 Å². The lowest BCUT2D eigenvalue weighted by atomic mass is 10.1. The molecule has 0 unspecified atom stereocenters. The summed E-state index contributed by atoms with van der Waals surface area (Å²) in [4.78, 5) is 11.2. The van der Waals surface area contributed by atoms with Crippen LogP contribution in [0.2, 0.25) is 0 Å². The molecule has 21 heavy (non-hydrogen) atoms. The van der Waals surface area contributed by atoms with Crippen LogP contribution in [0, 0.1) is 0 Å². The fraction of sp³-hybridized carbons (Fsp3) is 0.412. The maximum absolute atomic E-state index is 11.2. The lowest BCUT2D eigenvalue weighted by Gasteiger charge is -2.02. The number of esters is 1. The summed E-state index contributed by atoms with van der Waals surface area (Å²) in [6, 6.07) is 10.2. The van der Waals surface area contributed by atoms with Gasteiger partial charge in [0.15, 0.2) is 0 Å². The van der Waals surface area contributed by atoms with Gasteiger partial charge in [-0.1, -0.05) is 36.8 Å². The van der Waals surface area contributed by atoms with Crippen molar-refractivity contribution in [2.45, 2.75) is 39.2 Å². The first kappa shape index (κ1) is 15.3. The molecule has 0 radical (unpaired) electrons. The zero-order valence-electron chi connectivity index (χ0n) is 12.5. The highest BCUT2D eigenvalue weighted by Gasteiger charge is 2.03. The van der Waals surface area contributed by atoms with Crippen LogP contribution in [0.3, 0.4) is 0 Å². The summed E-state index contributed by atoms with van der Waals surface area (Å²) in [5.41, 5.74) is 2.33. The molecule has 0 saturated carbocycles. The van der Waals surface area contributed by atoms with Crippen LogP contribution in [-0.2, 0) is 16.1 Å². The highest BCUT2D eigenvalue weighted by Crippen LogP contribution is 2.17. The fourth-order valence-corrected chi connectivity index (χ4v) is 2.22. The molecular formula is C17H22N2O2. The Labute approximate surface area is 125 Å². The minimum absolute atomic E-state index is 0.0945. The molecule has 112 valence electrons.